The molecular weight excluding hydrogens is 295 g/mol. The van der Waals surface area contributed by atoms with Crippen molar-refractivity contribution in [1.82, 2.24) is 4.98 Å². The van der Waals surface area contributed by atoms with Gasteiger partial charge in [-0.25, -0.2) is 17.8 Å². The van der Waals surface area contributed by atoms with E-state index in [-0.39, 0.29) is 10.5 Å². The zero-order valence-electron chi connectivity index (χ0n) is 11.0. The van der Waals surface area contributed by atoms with Gasteiger partial charge in [0.05, 0.1) is 10.6 Å². The molecule has 3 rings (SSSR count). The van der Waals surface area contributed by atoms with Gasteiger partial charge in [-0.2, -0.15) is 0 Å². The maximum Gasteiger partial charge on any atom is 0.261 e. The Morgan fingerprint density at radius 3 is 2.76 bits per heavy atom. The van der Waals surface area contributed by atoms with Crippen LogP contribution in [0, 0.1) is 12.7 Å². The zero-order chi connectivity index (χ0) is 15.0. The van der Waals surface area contributed by atoms with E-state index in [2.05, 4.69) is 9.71 Å². The lowest BCUT2D eigenvalue weighted by molar-refractivity contribution is 0.598. The van der Waals surface area contributed by atoms with Crippen LogP contribution in [0.5, 0.6) is 0 Å². The first-order valence-electron chi connectivity index (χ1n) is 6.08. The van der Waals surface area contributed by atoms with Gasteiger partial charge < -0.3 is 4.42 Å². The minimum absolute atomic E-state index is 0.00153. The van der Waals surface area contributed by atoms with Gasteiger partial charge in [0.15, 0.2) is 12.0 Å². The molecule has 0 bridgehead atoms. The molecule has 1 N–H and O–H groups in total. The summed E-state index contributed by atoms with van der Waals surface area (Å²) in [5.41, 5.74) is 1.74. The lowest BCUT2D eigenvalue weighted by Gasteiger charge is -2.08. The molecule has 0 saturated carbocycles. The summed E-state index contributed by atoms with van der Waals surface area (Å²) in [6.07, 6.45) is 1.28. The van der Waals surface area contributed by atoms with E-state index in [1.807, 2.05) is 0 Å². The third-order valence-corrected chi connectivity index (χ3v) is 4.40. The van der Waals surface area contributed by atoms with Gasteiger partial charge in [0, 0.05) is 0 Å². The van der Waals surface area contributed by atoms with Crippen molar-refractivity contribution in [2.45, 2.75) is 11.8 Å². The monoisotopic (exact) mass is 306 g/mol. The third kappa shape index (κ3) is 2.59. The Morgan fingerprint density at radius 1 is 1.19 bits per heavy atom. The van der Waals surface area contributed by atoms with Gasteiger partial charge in [0.2, 0.25) is 0 Å². The molecule has 1 heterocycles. The number of halogens is 1. The van der Waals surface area contributed by atoms with Gasteiger partial charge in [-0.3, -0.25) is 4.72 Å². The van der Waals surface area contributed by atoms with Crippen LogP contribution < -0.4 is 4.72 Å². The summed E-state index contributed by atoms with van der Waals surface area (Å²) in [6, 6.07) is 8.39. The molecule has 108 valence electrons. The highest BCUT2D eigenvalue weighted by molar-refractivity contribution is 7.92. The smallest absolute Gasteiger partial charge is 0.261 e. The second kappa shape index (κ2) is 4.85. The van der Waals surface area contributed by atoms with Crippen molar-refractivity contribution in [3.05, 3.63) is 54.2 Å². The van der Waals surface area contributed by atoms with Crippen LogP contribution >= 0.6 is 0 Å². The van der Waals surface area contributed by atoms with Gasteiger partial charge in [0.1, 0.15) is 11.3 Å². The van der Waals surface area contributed by atoms with Gasteiger partial charge in [0.25, 0.3) is 10.0 Å². The molecule has 0 aliphatic heterocycles. The number of aromatic nitrogens is 1. The van der Waals surface area contributed by atoms with E-state index < -0.39 is 15.8 Å². The molecule has 0 saturated heterocycles. The number of fused-ring (bicyclic) bond motifs is 1. The van der Waals surface area contributed by atoms with Gasteiger partial charge >= 0.3 is 0 Å². The Kier molecular flexibility index (Phi) is 3.13. The molecule has 7 heteroatoms. The standard InChI is InChI=1S/C14H11FN2O3S/c1-9-6-11(3-4-12(9)15)21(18,19)17-10-2-5-14-13(7-10)16-8-20-14/h2-8,17H,1H3. The number of hydrogen-bond donors (Lipinski definition) is 1. The number of nitrogens with zero attached hydrogens (tertiary/aromatic N) is 1. The number of anilines is 1. The number of oxazole rings is 1. The average molecular weight is 306 g/mol. The maximum absolute atomic E-state index is 13.2. The average Bonchev–Trinajstić information content (AvgIpc) is 2.88. The predicted octanol–water partition coefficient (Wildman–Crippen LogP) is 3.08. The fraction of sp³-hybridized carbons (Fsp3) is 0.0714. The van der Waals surface area contributed by atoms with E-state index in [0.717, 1.165) is 6.07 Å². The lowest BCUT2D eigenvalue weighted by atomic mass is 10.2. The first-order valence-corrected chi connectivity index (χ1v) is 7.56. The molecule has 0 unspecified atom stereocenters. The van der Waals surface area contributed by atoms with Crippen LogP contribution in [0.3, 0.4) is 0 Å². The second-order valence-electron chi connectivity index (χ2n) is 4.55. The van der Waals surface area contributed by atoms with Crippen molar-refractivity contribution in [2.75, 3.05) is 4.72 Å². The van der Waals surface area contributed by atoms with E-state index in [0.29, 0.717) is 16.8 Å². The van der Waals surface area contributed by atoms with Crippen LogP contribution in [0.1, 0.15) is 5.56 Å². The summed E-state index contributed by atoms with van der Waals surface area (Å²) >= 11 is 0. The Labute approximate surface area is 120 Å². The number of hydrogen-bond acceptors (Lipinski definition) is 4. The molecular formula is C14H11FN2O3S. The van der Waals surface area contributed by atoms with E-state index in [4.69, 9.17) is 4.42 Å². The number of nitrogens with one attached hydrogen (secondary N) is 1. The molecule has 1 aromatic heterocycles. The van der Waals surface area contributed by atoms with Crippen molar-refractivity contribution >= 4 is 26.8 Å². The highest BCUT2D eigenvalue weighted by atomic mass is 32.2. The Balaban J connectivity index is 1.96. The van der Waals surface area contributed by atoms with E-state index >= 15 is 0 Å². The van der Waals surface area contributed by atoms with E-state index in [1.54, 1.807) is 18.2 Å². The van der Waals surface area contributed by atoms with Crippen molar-refractivity contribution in [3.8, 4) is 0 Å². The number of benzene rings is 2. The third-order valence-electron chi connectivity index (χ3n) is 3.02. The minimum Gasteiger partial charge on any atom is -0.443 e. The topological polar surface area (TPSA) is 72.2 Å². The predicted molar refractivity (Wildman–Crippen MR) is 76.0 cm³/mol. The number of aryl methyl sites for hydroxylation is 1. The maximum atomic E-state index is 13.2. The Morgan fingerprint density at radius 2 is 2.00 bits per heavy atom. The summed E-state index contributed by atoms with van der Waals surface area (Å²) in [5.74, 6) is -0.446. The van der Waals surface area contributed by atoms with Crippen LogP contribution in [0.4, 0.5) is 10.1 Å². The Bertz CT molecular complexity index is 919. The molecule has 0 atom stereocenters. The molecule has 0 aliphatic carbocycles. The minimum atomic E-state index is -3.78. The number of rotatable bonds is 3. The number of sulfonamides is 1. The first kappa shape index (κ1) is 13.6. The second-order valence-corrected chi connectivity index (χ2v) is 6.23. The summed E-state index contributed by atoms with van der Waals surface area (Å²) in [4.78, 5) is 3.96. The van der Waals surface area contributed by atoms with Crippen molar-refractivity contribution in [1.29, 1.82) is 0 Å². The van der Waals surface area contributed by atoms with Crippen LogP contribution in [0.2, 0.25) is 0 Å². The van der Waals surface area contributed by atoms with Crippen LogP contribution in [-0.4, -0.2) is 13.4 Å². The molecule has 0 aliphatic rings. The largest absolute Gasteiger partial charge is 0.443 e. The van der Waals surface area contributed by atoms with Gasteiger partial charge in [-0.05, 0) is 48.9 Å². The summed E-state index contributed by atoms with van der Waals surface area (Å²) in [6.45, 7) is 1.51. The fourth-order valence-electron chi connectivity index (χ4n) is 1.92. The molecule has 0 fully saturated rings. The first-order chi connectivity index (χ1) is 9.95. The SMILES string of the molecule is Cc1cc(S(=O)(=O)Nc2ccc3ocnc3c2)ccc1F. The quantitative estimate of drug-likeness (QED) is 0.807. The molecule has 0 spiro atoms. The zero-order valence-corrected chi connectivity index (χ0v) is 11.8. The van der Waals surface area contributed by atoms with Crippen molar-refractivity contribution in [3.63, 3.8) is 0 Å². The molecule has 2 aromatic carbocycles. The normalized spacial score (nSPS) is 11.7. The lowest BCUT2D eigenvalue weighted by Crippen LogP contribution is -2.13. The van der Waals surface area contributed by atoms with Crippen LogP contribution in [0.25, 0.3) is 11.1 Å². The highest BCUT2D eigenvalue weighted by Crippen LogP contribution is 2.22. The van der Waals surface area contributed by atoms with Crippen molar-refractivity contribution < 1.29 is 17.2 Å². The molecule has 21 heavy (non-hydrogen) atoms. The van der Waals surface area contributed by atoms with Crippen LogP contribution in [-0.2, 0) is 10.0 Å². The highest BCUT2D eigenvalue weighted by Gasteiger charge is 2.16. The fourth-order valence-corrected chi connectivity index (χ4v) is 3.05. The molecule has 5 nitrogen and oxygen atoms in total. The summed E-state index contributed by atoms with van der Waals surface area (Å²) < 4.78 is 45.3. The van der Waals surface area contributed by atoms with E-state index in [1.165, 1.54) is 25.5 Å². The van der Waals surface area contributed by atoms with E-state index in [9.17, 15) is 12.8 Å². The molecule has 3 aromatic rings. The molecule has 0 radical (unpaired) electrons. The molecule has 0 amide bonds. The van der Waals surface area contributed by atoms with Crippen molar-refractivity contribution in [2.24, 2.45) is 0 Å². The van der Waals surface area contributed by atoms with Gasteiger partial charge in [-0.1, -0.05) is 0 Å². The Hall–Kier alpha value is -2.41. The van der Waals surface area contributed by atoms with Gasteiger partial charge in [-0.15, -0.1) is 0 Å². The van der Waals surface area contributed by atoms with Crippen LogP contribution in [0.15, 0.2) is 52.1 Å². The summed E-state index contributed by atoms with van der Waals surface area (Å²) in [7, 11) is -3.78. The summed E-state index contributed by atoms with van der Waals surface area (Å²) in [5, 5.41) is 0.